The van der Waals surface area contributed by atoms with Crippen LogP contribution in [0.2, 0.25) is 0 Å². The minimum atomic E-state index is -0.940. The van der Waals surface area contributed by atoms with Gasteiger partial charge in [-0.1, -0.05) is 20.8 Å². The molecule has 104 valence electrons. The molecule has 2 unspecified atom stereocenters. The first-order valence-electron chi connectivity index (χ1n) is 6.52. The van der Waals surface area contributed by atoms with Crippen LogP contribution in [0.4, 0.5) is 0 Å². The molecule has 1 aliphatic rings. The third kappa shape index (κ3) is 3.70. The van der Waals surface area contributed by atoms with E-state index in [1.807, 2.05) is 18.7 Å². The quantitative estimate of drug-likeness (QED) is 0.790. The molecule has 0 aromatic rings. The molecule has 1 amide bonds. The Kier molecular flexibility index (Phi) is 4.73. The van der Waals surface area contributed by atoms with E-state index in [0.29, 0.717) is 13.1 Å². The Morgan fingerprint density at radius 1 is 1.61 bits per heavy atom. The first-order valence-corrected chi connectivity index (χ1v) is 6.52. The van der Waals surface area contributed by atoms with Gasteiger partial charge in [0.15, 0.2) is 0 Å². The molecule has 1 heterocycles. The maximum Gasteiger partial charge on any atom is 0.305 e. The molecular formula is C13H24N2O3. The molecule has 2 atom stereocenters. The molecule has 0 radical (unpaired) electrons. The van der Waals surface area contributed by atoms with Crippen molar-refractivity contribution in [1.82, 2.24) is 10.2 Å². The van der Waals surface area contributed by atoms with E-state index in [1.165, 1.54) is 0 Å². The van der Waals surface area contributed by atoms with E-state index in [0.717, 1.165) is 6.42 Å². The zero-order chi connectivity index (χ0) is 13.9. The SMILES string of the molecule is CCC(C)N1CC(C)(C)CNC(CC(=O)O)C1=O. The summed E-state index contributed by atoms with van der Waals surface area (Å²) in [7, 11) is 0. The average Bonchev–Trinajstić information content (AvgIpc) is 2.38. The molecule has 0 bridgehead atoms. The van der Waals surface area contributed by atoms with Crippen LogP contribution in [0, 0.1) is 5.41 Å². The number of carboxylic acids is 1. The number of nitrogens with zero attached hydrogens (tertiary/aromatic N) is 1. The summed E-state index contributed by atoms with van der Waals surface area (Å²) in [6, 6.07) is -0.453. The van der Waals surface area contributed by atoms with Gasteiger partial charge in [0.05, 0.1) is 12.5 Å². The molecule has 1 rings (SSSR count). The first-order chi connectivity index (χ1) is 8.26. The molecule has 5 nitrogen and oxygen atoms in total. The van der Waals surface area contributed by atoms with Gasteiger partial charge in [0.25, 0.3) is 0 Å². The Balaban J connectivity index is 2.92. The number of hydrogen-bond donors (Lipinski definition) is 2. The maximum absolute atomic E-state index is 12.4. The van der Waals surface area contributed by atoms with E-state index in [-0.39, 0.29) is 23.8 Å². The van der Waals surface area contributed by atoms with Crippen molar-refractivity contribution in [3.05, 3.63) is 0 Å². The van der Waals surface area contributed by atoms with Crippen LogP contribution >= 0.6 is 0 Å². The van der Waals surface area contributed by atoms with Crippen molar-refractivity contribution < 1.29 is 14.7 Å². The van der Waals surface area contributed by atoms with Gasteiger partial charge in [0.2, 0.25) is 5.91 Å². The number of carboxylic acid groups (broad SMARTS) is 1. The Hall–Kier alpha value is -1.10. The van der Waals surface area contributed by atoms with Crippen LogP contribution in [0.3, 0.4) is 0 Å². The Labute approximate surface area is 109 Å². The second-order valence-electron chi connectivity index (χ2n) is 5.92. The molecule has 0 aromatic carbocycles. The lowest BCUT2D eigenvalue weighted by atomic mass is 9.92. The van der Waals surface area contributed by atoms with E-state index in [2.05, 4.69) is 19.2 Å². The van der Waals surface area contributed by atoms with Gasteiger partial charge in [-0.05, 0) is 18.8 Å². The van der Waals surface area contributed by atoms with Crippen molar-refractivity contribution in [2.45, 2.75) is 52.6 Å². The van der Waals surface area contributed by atoms with E-state index in [4.69, 9.17) is 5.11 Å². The zero-order valence-corrected chi connectivity index (χ0v) is 11.7. The summed E-state index contributed by atoms with van der Waals surface area (Å²) < 4.78 is 0. The molecule has 0 spiro atoms. The second-order valence-corrected chi connectivity index (χ2v) is 5.92. The third-order valence-electron chi connectivity index (χ3n) is 3.51. The summed E-state index contributed by atoms with van der Waals surface area (Å²) in [5.41, 5.74) is -0.0354. The van der Waals surface area contributed by atoms with Crippen LogP contribution in [-0.4, -0.2) is 47.1 Å². The van der Waals surface area contributed by atoms with Crippen molar-refractivity contribution in [3.8, 4) is 0 Å². The lowest BCUT2D eigenvalue weighted by Gasteiger charge is -2.33. The minimum absolute atomic E-state index is 0.0354. The van der Waals surface area contributed by atoms with Crippen LogP contribution in [-0.2, 0) is 9.59 Å². The Morgan fingerprint density at radius 2 is 2.22 bits per heavy atom. The monoisotopic (exact) mass is 256 g/mol. The van der Waals surface area contributed by atoms with Crippen molar-refractivity contribution in [2.24, 2.45) is 5.41 Å². The lowest BCUT2D eigenvalue weighted by molar-refractivity contribution is -0.143. The summed E-state index contributed by atoms with van der Waals surface area (Å²) in [6.07, 6.45) is 0.726. The smallest absolute Gasteiger partial charge is 0.305 e. The largest absolute Gasteiger partial charge is 0.481 e. The fourth-order valence-corrected chi connectivity index (χ4v) is 2.21. The predicted octanol–water partition coefficient (Wildman–Crippen LogP) is 1.09. The molecule has 1 saturated heterocycles. The third-order valence-corrected chi connectivity index (χ3v) is 3.51. The van der Waals surface area contributed by atoms with Gasteiger partial charge in [-0.3, -0.25) is 9.59 Å². The molecule has 2 N–H and O–H groups in total. The van der Waals surface area contributed by atoms with Gasteiger partial charge < -0.3 is 15.3 Å². The van der Waals surface area contributed by atoms with E-state index in [1.54, 1.807) is 0 Å². The number of rotatable bonds is 4. The summed E-state index contributed by atoms with van der Waals surface area (Å²) in [6.45, 7) is 9.55. The summed E-state index contributed by atoms with van der Waals surface area (Å²) >= 11 is 0. The summed E-state index contributed by atoms with van der Waals surface area (Å²) in [5.74, 6) is -1.03. The molecule has 18 heavy (non-hydrogen) atoms. The van der Waals surface area contributed by atoms with Crippen molar-refractivity contribution >= 4 is 11.9 Å². The van der Waals surface area contributed by atoms with Crippen molar-refractivity contribution in [1.29, 1.82) is 0 Å². The maximum atomic E-state index is 12.4. The van der Waals surface area contributed by atoms with Crippen LogP contribution in [0.15, 0.2) is 0 Å². The highest BCUT2D eigenvalue weighted by atomic mass is 16.4. The molecule has 1 fully saturated rings. The van der Waals surface area contributed by atoms with Gasteiger partial charge in [-0.15, -0.1) is 0 Å². The molecular weight excluding hydrogens is 232 g/mol. The average molecular weight is 256 g/mol. The standard InChI is InChI=1S/C13H24N2O3/c1-5-9(2)15-8-13(3,4)7-14-10(12(15)18)6-11(16)17/h9-10,14H,5-8H2,1-4H3,(H,16,17). The molecule has 0 aromatic heterocycles. The molecule has 5 heteroatoms. The highest BCUT2D eigenvalue weighted by molar-refractivity contribution is 5.86. The summed E-state index contributed by atoms with van der Waals surface area (Å²) in [4.78, 5) is 25.0. The predicted molar refractivity (Wildman–Crippen MR) is 69.3 cm³/mol. The van der Waals surface area contributed by atoms with Gasteiger partial charge >= 0.3 is 5.97 Å². The highest BCUT2D eigenvalue weighted by Gasteiger charge is 2.36. The Bertz CT molecular complexity index is 328. The number of aliphatic carboxylic acids is 1. The first kappa shape index (κ1) is 15.0. The number of carbonyl (C=O) groups is 2. The molecule has 0 saturated carbocycles. The van der Waals surface area contributed by atoms with Crippen molar-refractivity contribution in [2.75, 3.05) is 13.1 Å². The molecule has 0 aliphatic carbocycles. The highest BCUT2D eigenvalue weighted by Crippen LogP contribution is 2.23. The number of amides is 1. The van der Waals surface area contributed by atoms with Gasteiger partial charge in [-0.25, -0.2) is 0 Å². The van der Waals surface area contributed by atoms with Gasteiger partial charge in [0, 0.05) is 19.1 Å². The zero-order valence-electron chi connectivity index (χ0n) is 11.7. The van der Waals surface area contributed by atoms with Gasteiger partial charge in [-0.2, -0.15) is 0 Å². The number of hydrogen-bond acceptors (Lipinski definition) is 3. The fraction of sp³-hybridized carbons (Fsp3) is 0.846. The van der Waals surface area contributed by atoms with Crippen molar-refractivity contribution in [3.63, 3.8) is 0 Å². The second kappa shape index (κ2) is 5.69. The minimum Gasteiger partial charge on any atom is -0.481 e. The van der Waals surface area contributed by atoms with Crippen LogP contribution in [0.5, 0.6) is 0 Å². The Morgan fingerprint density at radius 3 is 2.72 bits per heavy atom. The van der Waals surface area contributed by atoms with Crippen LogP contribution in [0.25, 0.3) is 0 Å². The van der Waals surface area contributed by atoms with E-state index in [9.17, 15) is 9.59 Å². The normalized spacial score (nSPS) is 25.7. The number of nitrogens with one attached hydrogen (secondary N) is 1. The van der Waals surface area contributed by atoms with E-state index >= 15 is 0 Å². The molecule has 1 aliphatic heterocycles. The summed E-state index contributed by atoms with van der Waals surface area (Å²) in [5, 5.41) is 12.0. The van der Waals surface area contributed by atoms with E-state index < -0.39 is 12.0 Å². The fourth-order valence-electron chi connectivity index (χ4n) is 2.21. The topological polar surface area (TPSA) is 69.6 Å². The van der Waals surface area contributed by atoms with Gasteiger partial charge in [0.1, 0.15) is 0 Å². The number of carbonyl (C=O) groups excluding carboxylic acids is 1. The lowest BCUT2D eigenvalue weighted by Crippen LogP contribution is -2.48. The van der Waals surface area contributed by atoms with Crippen LogP contribution < -0.4 is 5.32 Å². The van der Waals surface area contributed by atoms with Crippen LogP contribution in [0.1, 0.15) is 40.5 Å².